The summed E-state index contributed by atoms with van der Waals surface area (Å²) in [5.41, 5.74) is 1.23. The molecule has 1 atom stereocenters. The van der Waals surface area contributed by atoms with Crippen molar-refractivity contribution >= 4 is 0 Å². The summed E-state index contributed by atoms with van der Waals surface area (Å²) in [6.07, 6.45) is 6.27. The predicted octanol–water partition coefficient (Wildman–Crippen LogP) is 2.83. The van der Waals surface area contributed by atoms with E-state index in [-0.39, 0.29) is 6.04 Å². The van der Waals surface area contributed by atoms with E-state index in [0.29, 0.717) is 6.04 Å². The Morgan fingerprint density at radius 2 is 1.81 bits per heavy atom. The van der Waals surface area contributed by atoms with Gasteiger partial charge in [-0.1, -0.05) is 49.6 Å². The molecule has 0 bridgehead atoms. The van der Waals surface area contributed by atoms with Crippen molar-refractivity contribution in [3.05, 3.63) is 41.7 Å². The fourth-order valence-corrected chi connectivity index (χ4v) is 3.28. The van der Waals surface area contributed by atoms with E-state index >= 15 is 0 Å². The van der Waals surface area contributed by atoms with Crippen molar-refractivity contribution in [3.63, 3.8) is 0 Å². The van der Waals surface area contributed by atoms with Crippen molar-refractivity contribution in [1.82, 2.24) is 25.1 Å². The minimum atomic E-state index is 0.100. The van der Waals surface area contributed by atoms with E-state index in [0.717, 1.165) is 5.82 Å². The minimum Gasteiger partial charge on any atom is -0.296 e. The van der Waals surface area contributed by atoms with Gasteiger partial charge in [0.25, 0.3) is 0 Å². The number of tetrazole rings is 1. The molecule has 0 radical (unpaired) electrons. The fraction of sp³-hybridized carbons (Fsp3) is 0.562. The molecule has 0 amide bonds. The van der Waals surface area contributed by atoms with Crippen LogP contribution in [0.1, 0.15) is 55.6 Å². The molecule has 1 heterocycles. The Bertz CT molecular complexity index is 557. The molecule has 2 aromatic rings. The number of nitrogens with zero attached hydrogens (tertiary/aromatic N) is 5. The van der Waals surface area contributed by atoms with Crippen LogP contribution < -0.4 is 0 Å². The summed E-state index contributed by atoms with van der Waals surface area (Å²) in [6.45, 7) is 0. The summed E-state index contributed by atoms with van der Waals surface area (Å²) in [5, 5.41) is 12.6. The first-order valence-corrected chi connectivity index (χ1v) is 7.76. The zero-order chi connectivity index (χ0) is 14.7. The highest BCUT2D eigenvalue weighted by atomic mass is 15.6. The summed E-state index contributed by atoms with van der Waals surface area (Å²) in [7, 11) is 4.16. The lowest BCUT2D eigenvalue weighted by atomic mass is 9.95. The van der Waals surface area contributed by atoms with Crippen LogP contribution in [-0.2, 0) is 0 Å². The first kappa shape index (κ1) is 14.2. The Balaban J connectivity index is 1.95. The highest BCUT2D eigenvalue weighted by molar-refractivity contribution is 5.24. The van der Waals surface area contributed by atoms with Crippen LogP contribution in [-0.4, -0.2) is 39.2 Å². The molecule has 1 aliphatic rings. The van der Waals surface area contributed by atoms with Gasteiger partial charge in [0, 0.05) is 0 Å². The van der Waals surface area contributed by atoms with E-state index in [4.69, 9.17) is 0 Å². The van der Waals surface area contributed by atoms with Crippen molar-refractivity contribution in [3.8, 4) is 0 Å². The third-order valence-corrected chi connectivity index (χ3v) is 4.32. The lowest BCUT2D eigenvalue weighted by Crippen LogP contribution is -2.27. The van der Waals surface area contributed by atoms with E-state index in [1.165, 1.54) is 37.7 Å². The highest BCUT2D eigenvalue weighted by Crippen LogP contribution is 2.32. The fourth-order valence-electron chi connectivity index (χ4n) is 3.28. The van der Waals surface area contributed by atoms with Gasteiger partial charge in [0.2, 0.25) is 0 Å². The van der Waals surface area contributed by atoms with Gasteiger partial charge in [-0.15, -0.1) is 5.10 Å². The zero-order valence-electron chi connectivity index (χ0n) is 12.8. The van der Waals surface area contributed by atoms with Crippen molar-refractivity contribution in [1.29, 1.82) is 0 Å². The molecule has 0 spiro atoms. The van der Waals surface area contributed by atoms with Gasteiger partial charge in [-0.3, -0.25) is 4.90 Å². The number of aromatic nitrogens is 4. The molecule has 1 aromatic carbocycles. The Morgan fingerprint density at radius 1 is 1.10 bits per heavy atom. The molecule has 112 valence electrons. The summed E-state index contributed by atoms with van der Waals surface area (Å²) in [6, 6.07) is 11.0. The molecule has 1 aromatic heterocycles. The molecule has 5 heteroatoms. The molecule has 0 N–H and O–H groups in total. The van der Waals surface area contributed by atoms with Crippen molar-refractivity contribution in [2.45, 2.75) is 44.2 Å². The van der Waals surface area contributed by atoms with Crippen molar-refractivity contribution in [2.24, 2.45) is 0 Å². The third-order valence-electron chi connectivity index (χ3n) is 4.32. The van der Waals surface area contributed by atoms with Crippen molar-refractivity contribution < 1.29 is 0 Å². The van der Waals surface area contributed by atoms with Crippen LogP contribution in [0, 0.1) is 0 Å². The number of rotatable bonds is 4. The molecule has 1 unspecified atom stereocenters. The Labute approximate surface area is 126 Å². The predicted molar refractivity (Wildman–Crippen MR) is 81.9 cm³/mol. The second-order valence-electron chi connectivity index (χ2n) is 6.05. The molecule has 1 fully saturated rings. The molecule has 21 heavy (non-hydrogen) atoms. The van der Waals surface area contributed by atoms with Crippen LogP contribution in [0.4, 0.5) is 0 Å². The molecule has 0 saturated heterocycles. The summed E-state index contributed by atoms with van der Waals surface area (Å²) in [4.78, 5) is 2.18. The first-order chi connectivity index (χ1) is 10.3. The van der Waals surface area contributed by atoms with E-state index < -0.39 is 0 Å². The topological polar surface area (TPSA) is 46.8 Å². The Hall–Kier alpha value is -1.75. The van der Waals surface area contributed by atoms with Crippen LogP contribution in [0.2, 0.25) is 0 Å². The summed E-state index contributed by atoms with van der Waals surface area (Å²) in [5.74, 6) is 0.957. The van der Waals surface area contributed by atoms with Crippen LogP contribution in [0.25, 0.3) is 0 Å². The summed E-state index contributed by atoms with van der Waals surface area (Å²) >= 11 is 0. The minimum absolute atomic E-state index is 0.100. The van der Waals surface area contributed by atoms with Gasteiger partial charge in [-0.25, -0.2) is 4.68 Å². The lowest BCUT2D eigenvalue weighted by molar-refractivity contribution is 0.276. The van der Waals surface area contributed by atoms with Gasteiger partial charge < -0.3 is 0 Å². The van der Waals surface area contributed by atoms with Crippen LogP contribution >= 0.6 is 0 Å². The maximum Gasteiger partial charge on any atom is 0.173 e. The quantitative estimate of drug-likeness (QED) is 0.866. The molecule has 0 aliphatic heterocycles. The van der Waals surface area contributed by atoms with Gasteiger partial charge in [-0.2, -0.15) is 0 Å². The van der Waals surface area contributed by atoms with Gasteiger partial charge >= 0.3 is 0 Å². The van der Waals surface area contributed by atoms with Crippen molar-refractivity contribution in [2.75, 3.05) is 14.1 Å². The van der Waals surface area contributed by atoms with Crippen LogP contribution in [0.15, 0.2) is 30.3 Å². The normalized spacial score (nSPS) is 18.0. The molecular formula is C16H23N5. The van der Waals surface area contributed by atoms with E-state index in [1.807, 2.05) is 6.07 Å². The standard InChI is InChI=1S/C16H23N5/c1-20(2)15(13-9-5-3-6-10-13)16-17-18-19-21(16)14-11-7-4-8-12-14/h3,5-6,9-10,14-15H,4,7-8,11-12H2,1-2H3. The summed E-state index contributed by atoms with van der Waals surface area (Å²) < 4.78 is 2.07. The lowest BCUT2D eigenvalue weighted by Gasteiger charge is -2.28. The van der Waals surface area contributed by atoms with Gasteiger partial charge in [0.15, 0.2) is 5.82 Å². The Kier molecular flexibility index (Phi) is 4.29. The average molecular weight is 285 g/mol. The number of hydrogen-bond acceptors (Lipinski definition) is 4. The third kappa shape index (κ3) is 2.97. The van der Waals surface area contributed by atoms with Gasteiger partial charge in [-0.05, 0) is 42.9 Å². The van der Waals surface area contributed by atoms with Gasteiger partial charge in [0.05, 0.1) is 12.1 Å². The van der Waals surface area contributed by atoms with Crippen LogP contribution in [0.3, 0.4) is 0 Å². The largest absolute Gasteiger partial charge is 0.296 e. The van der Waals surface area contributed by atoms with E-state index in [9.17, 15) is 0 Å². The molecule has 5 nitrogen and oxygen atoms in total. The number of benzene rings is 1. The number of hydrogen-bond donors (Lipinski definition) is 0. The highest BCUT2D eigenvalue weighted by Gasteiger charge is 2.27. The Morgan fingerprint density at radius 3 is 2.48 bits per heavy atom. The maximum atomic E-state index is 4.35. The molecule has 1 saturated carbocycles. The van der Waals surface area contributed by atoms with E-state index in [2.05, 4.69) is 63.5 Å². The molecule has 3 rings (SSSR count). The smallest absolute Gasteiger partial charge is 0.173 e. The monoisotopic (exact) mass is 285 g/mol. The SMILES string of the molecule is CN(C)C(c1ccccc1)c1nnnn1C1CCCCC1. The first-order valence-electron chi connectivity index (χ1n) is 7.76. The zero-order valence-corrected chi connectivity index (χ0v) is 12.8. The van der Waals surface area contributed by atoms with Crippen LogP contribution in [0.5, 0.6) is 0 Å². The van der Waals surface area contributed by atoms with Gasteiger partial charge in [0.1, 0.15) is 0 Å². The molecule has 1 aliphatic carbocycles. The second-order valence-corrected chi connectivity index (χ2v) is 6.05. The van der Waals surface area contributed by atoms with E-state index in [1.54, 1.807) is 0 Å². The second kappa shape index (κ2) is 6.35. The maximum absolute atomic E-state index is 4.35. The molecular weight excluding hydrogens is 262 g/mol. The average Bonchev–Trinajstić information content (AvgIpc) is 2.98.